The molecule has 2 atom stereocenters. The van der Waals surface area contributed by atoms with Crippen molar-refractivity contribution < 1.29 is 13.9 Å². The van der Waals surface area contributed by atoms with Crippen LogP contribution in [0.3, 0.4) is 0 Å². The van der Waals surface area contributed by atoms with Gasteiger partial charge in [0.15, 0.2) is 11.6 Å². The van der Waals surface area contributed by atoms with E-state index in [0.29, 0.717) is 19.2 Å². The summed E-state index contributed by atoms with van der Waals surface area (Å²) in [5.41, 5.74) is 0.777. The van der Waals surface area contributed by atoms with Crippen molar-refractivity contribution in [1.82, 2.24) is 9.97 Å². The van der Waals surface area contributed by atoms with Gasteiger partial charge < -0.3 is 20.1 Å². The molecule has 6 nitrogen and oxygen atoms in total. The molecule has 2 heterocycles. The van der Waals surface area contributed by atoms with Crippen molar-refractivity contribution in [2.24, 2.45) is 0 Å². The van der Waals surface area contributed by atoms with Gasteiger partial charge in [0.2, 0.25) is 5.95 Å². The van der Waals surface area contributed by atoms with Crippen LogP contribution in [0.25, 0.3) is 0 Å². The van der Waals surface area contributed by atoms with Gasteiger partial charge in [-0.25, -0.2) is 9.37 Å². The molecule has 2 unspecified atom stereocenters. The predicted molar refractivity (Wildman–Crippen MR) is 102 cm³/mol. The number of hydrogen-bond acceptors (Lipinski definition) is 6. The SMILES string of the molecule is Fc1cnc2nc1NC1CCCC(C1)OC/C=C\COc1cccc(c1)N2. The third-order valence-electron chi connectivity index (χ3n) is 4.74. The van der Waals surface area contributed by atoms with E-state index >= 15 is 0 Å². The van der Waals surface area contributed by atoms with Crippen molar-refractivity contribution in [3.05, 3.63) is 48.4 Å². The number of halogens is 1. The molecule has 1 fully saturated rings. The Balaban J connectivity index is 1.60. The van der Waals surface area contributed by atoms with E-state index in [4.69, 9.17) is 9.47 Å². The summed E-state index contributed by atoms with van der Waals surface area (Å²) in [7, 11) is 0. The molecule has 1 aromatic heterocycles. The lowest BCUT2D eigenvalue weighted by Crippen LogP contribution is -2.32. The van der Waals surface area contributed by atoms with Crippen LogP contribution in [0.4, 0.5) is 21.8 Å². The molecule has 27 heavy (non-hydrogen) atoms. The summed E-state index contributed by atoms with van der Waals surface area (Å²) in [4.78, 5) is 8.36. The quantitative estimate of drug-likeness (QED) is 0.682. The highest BCUT2D eigenvalue weighted by Gasteiger charge is 2.23. The minimum Gasteiger partial charge on any atom is -0.489 e. The standard InChI is InChI=1S/C20H23FN4O2/c21-18-13-22-20-24-15-6-4-8-17(12-15)27-10-2-1-9-26-16-7-3-5-14(11-16)23-19(18)25-20/h1-2,4,6,8,12-14,16H,3,5,7,9-11H2,(H2,22,23,24,25)/b2-1-. The summed E-state index contributed by atoms with van der Waals surface area (Å²) in [5, 5.41) is 6.34. The molecule has 2 aromatic rings. The lowest BCUT2D eigenvalue weighted by Gasteiger charge is -2.30. The largest absolute Gasteiger partial charge is 0.489 e. The van der Waals surface area contributed by atoms with E-state index in [2.05, 4.69) is 20.6 Å². The molecule has 1 aliphatic carbocycles. The molecule has 0 spiro atoms. The molecule has 142 valence electrons. The molecular weight excluding hydrogens is 347 g/mol. The zero-order chi connectivity index (χ0) is 18.5. The Morgan fingerprint density at radius 2 is 2.07 bits per heavy atom. The van der Waals surface area contributed by atoms with Crippen LogP contribution in [-0.4, -0.2) is 35.3 Å². The first kappa shape index (κ1) is 17.7. The van der Waals surface area contributed by atoms with Gasteiger partial charge in [-0.15, -0.1) is 0 Å². The number of ether oxygens (including phenoxy) is 2. The Bertz CT molecular complexity index is 814. The number of fused-ring (bicyclic) bond motifs is 6. The molecule has 2 N–H and O–H groups in total. The van der Waals surface area contributed by atoms with Crippen molar-refractivity contribution in [1.29, 1.82) is 0 Å². The number of nitrogens with zero attached hydrogens (tertiary/aromatic N) is 2. The van der Waals surface area contributed by atoms with Gasteiger partial charge in [0.05, 0.1) is 18.9 Å². The van der Waals surface area contributed by atoms with Crippen LogP contribution < -0.4 is 15.4 Å². The Kier molecular flexibility index (Phi) is 5.48. The van der Waals surface area contributed by atoms with Crippen LogP contribution >= 0.6 is 0 Å². The van der Waals surface area contributed by atoms with Gasteiger partial charge in [-0.2, -0.15) is 4.98 Å². The highest BCUT2D eigenvalue weighted by Crippen LogP contribution is 2.26. The fourth-order valence-electron chi connectivity index (χ4n) is 3.41. The minimum absolute atomic E-state index is 0.132. The number of aromatic nitrogens is 2. The summed E-state index contributed by atoms with van der Waals surface area (Å²) in [6.45, 7) is 1.02. The van der Waals surface area contributed by atoms with Gasteiger partial charge in [-0.1, -0.05) is 12.1 Å². The van der Waals surface area contributed by atoms with E-state index in [1.54, 1.807) is 0 Å². The molecular formula is C20H23FN4O2. The number of rotatable bonds is 0. The normalized spacial score (nSPS) is 23.9. The second-order valence-electron chi connectivity index (χ2n) is 6.79. The molecule has 0 amide bonds. The molecule has 2 aliphatic rings. The number of nitrogens with one attached hydrogen (secondary N) is 2. The summed E-state index contributed by atoms with van der Waals surface area (Å²) in [5.74, 6) is 0.825. The first-order valence-electron chi connectivity index (χ1n) is 9.32. The third kappa shape index (κ3) is 4.74. The highest BCUT2D eigenvalue weighted by atomic mass is 19.1. The second kappa shape index (κ2) is 8.35. The molecule has 1 saturated carbocycles. The number of benzene rings is 1. The minimum atomic E-state index is -0.457. The van der Waals surface area contributed by atoms with Crippen molar-refractivity contribution in [2.45, 2.75) is 37.8 Å². The van der Waals surface area contributed by atoms with Crippen molar-refractivity contribution >= 4 is 17.5 Å². The first-order valence-corrected chi connectivity index (χ1v) is 9.32. The van der Waals surface area contributed by atoms with E-state index in [0.717, 1.165) is 37.1 Å². The van der Waals surface area contributed by atoms with Crippen LogP contribution in [0.1, 0.15) is 25.7 Å². The molecule has 1 aliphatic heterocycles. The molecule has 6 bridgehead atoms. The van der Waals surface area contributed by atoms with Gasteiger partial charge >= 0.3 is 0 Å². The van der Waals surface area contributed by atoms with E-state index in [9.17, 15) is 4.39 Å². The summed E-state index contributed by atoms with van der Waals surface area (Å²) < 4.78 is 25.9. The lowest BCUT2D eigenvalue weighted by atomic mass is 9.93. The first-order chi connectivity index (χ1) is 13.3. The molecule has 0 saturated heterocycles. The third-order valence-corrected chi connectivity index (χ3v) is 4.74. The van der Waals surface area contributed by atoms with Gasteiger partial charge in [0, 0.05) is 17.8 Å². The van der Waals surface area contributed by atoms with E-state index in [1.165, 1.54) is 6.20 Å². The number of hydrogen-bond donors (Lipinski definition) is 2. The fourth-order valence-corrected chi connectivity index (χ4v) is 3.41. The Morgan fingerprint density at radius 1 is 1.15 bits per heavy atom. The fraction of sp³-hybridized carbons (Fsp3) is 0.400. The van der Waals surface area contributed by atoms with E-state index < -0.39 is 5.82 Å². The lowest BCUT2D eigenvalue weighted by molar-refractivity contribution is 0.0429. The van der Waals surface area contributed by atoms with Crippen molar-refractivity contribution in [3.8, 4) is 5.75 Å². The monoisotopic (exact) mass is 370 g/mol. The summed E-state index contributed by atoms with van der Waals surface area (Å²) in [6, 6.07) is 7.63. The van der Waals surface area contributed by atoms with Gasteiger partial charge in [-0.3, -0.25) is 0 Å². The van der Waals surface area contributed by atoms with Crippen LogP contribution in [0.5, 0.6) is 5.75 Å². The van der Waals surface area contributed by atoms with Crippen LogP contribution in [0, 0.1) is 5.82 Å². The van der Waals surface area contributed by atoms with Crippen molar-refractivity contribution in [2.75, 3.05) is 23.8 Å². The van der Waals surface area contributed by atoms with Gasteiger partial charge in [-0.05, 0) is 43.9 Å². The highest BCUT2D eigenvalue weighted by molar-refractivity contribution is 5.57. The van der Waals surface area contributed by atoms with Crippen LogP contribution in [-0.2, 0) is 4.74 Å². The zero-order valence-corrected chi connectivity index (χ0v) is 15.0. The van der Waals surface area contributed by atoms with Gasteiger partial charge in [0.1, 0.15) is 12.4 Å². The predicted octanol–water partition coefficient (Wildman–Crippen LogP) is 4.05. The van der Waals surface area contributed by atoms with E-state index in [1.807, 2.05) is 36.4 Å². The molecule has 7 heteroatoms. The molecule has 1 aromatic carbocycles. The van der Waals surface area contributed by atoms with E-state index in [-0.39, 0.29) is 18.0 Å². The summed E-state index contributed by atoms with van der Waals surface area (Å²) in [6.07, 6.45) is 9.15. The average molecular weight is 370 g/mol. The second-order valence-corrected chi connectivity index (χ2v) is 6.79. The van der Waals surface area contributed by atoms with Gasteiger partial charge in [0.25, 0.3) is 0 Å². The number of anilines is 3. The Hall–Kier alpha value is -2.67. The summed E-state index contributed by atoms with van der Waals surface area (Å²) >= 11 is 0. The van der Waals surface area contributed by atoms with Crippen molar-refractivity contribution in [3.63, 3.8) is 0 Å². The average Bonchev–Trinajstić information content (AvgIpc) is 2.67. The maximum absolute atomic E-state index is 14.2. The zero-order valence-electron chi connectivity index (χ0n) is 15.0. The maximum atomic E-state index is 14.2. The molecule has 4 rings (SSSR count). The Labute approximate surface area is 157 Å². The van der Waals surface area contributed by atoms with Crippen LogP contribution in [0.2, 0.25) is 0 Å². The molecule has 0 radical (unpaired) electrons. The maximum Gasteiger partial charge on any atom is 0.229 e. The smallest absolute Gasteiger partial charge is 0.229 e. The topological polar surface area (TPSA) is 68.3 Å². The van der Waals surface area contributed by atoms with Crippen LogP contribution in [0.15, 0.2) is 42.6 Å². The Morgan fingerprint density at radius 3 is 3.04 bits per heavy atom.